The second kappa shape index (κ2) is 7.03. The van der Waals surface area contributed by atoms with Crippen molar-refractivity contribution in [1.29, 1.82) is 0 Å². The van der Waals surface area contributed by atoms with Gasteiger partial charge < -0.3 is 20.9 Å². The number of carbonyl (C=O) groups excluding carboxylic acids is 1. The number of benzene rings is 1. The fraction of sp³-hybridized carbons (Fsp3) is 0.533. The van der Waals surface area contributed by atoms with Gasteiger partial charge in [0.2, 0.25) is 0 Å². The van der Waals surface area contributed by atoms with Crippen molar-refractivity contribution in [3.8, 4) is 11.5 Å². The molecule has 1 fully saturated rings. The molecule has 1 aliphatic carbocycles. The number of ether oxygens (including phenoxy) is 1. The van der Waals surface area contributed by atoms with Crippen molar-refractivity contribution in [1.82, 2.24) is 5.32 Å². The number of nitrogens with two attached hydrogens (primary N) is 1. The number of amides is 1. The van der Waals surface area contributed by atoms with Gasteiger partial charge in [-0.05, 0) is 25.0 Å². The topological polar surface area (TPSA) is 84.6 Å². The first kappa shape index (κ1) is 14.5. The van der Waals surface area contributed by atoms with E-state index < -0.39 is 0 Å². The van der Waals surface area contributed by atoms with Crippen LogP contribution in [0.4, 0.5) is 5.69 Å². The highest BCUT2D eigenvalue weighted by atomic mass is 16.5. The first-order chi connectivity index (χ1) is 9.66. The summed E-state index contributed by atoms with van der Waals surface area (Å²) in [6, 6.07) is 5.00. The zero-order valence-electron chi connectivity index (χ0n) is 11.6. The molecule has 1 aliphatic rings. The van der Waals surface area contributed by atoms with Crippen LogP contribution in [0.2, 0.25) is 0 Å². The lowest BCUT2D eigenvalue weighted by Crippen LogP contribution is -2.37. The highest BCUT2D eigenvalue weighted by molar-refractivity contribution is 5.78. The lowest BCUT2D eigenvalue weighted by molar-refractivity contribution is -0.123. The van der Waals surface area contributed by atoms with Crippen LogP contribution >= 0.6 is 0 Å². The van der Waals surface area contributed by atoms with E-state index in [2.05, 4.69) is 5.32 Å². The van der Waals surface area contributed by atoms with Crippen LogP contribution in [0.25, 0.3) is 0 Å². The molecule has 0 radical (unpaired) electrons. The number of para-hydroxylation sites is 1. The largest absolute Gasteiger partial charge is 0.506 e. The number of anilines is 1. The van der Waals surface area contributed by atoms with Crippen LogP contribution in [0.3, 0.4) is 0 Å². The van der Waals surface area contributed by atoms with E-state index in [0.717, 1.165) is 12.8 Å². The minimum Gasteiger partial charge on any atom is -0.506 e. The molecule has 4 N–H and O–H groups in total. The maximum Gasteiger partial charge on any atom is 0.258 e. The van der Waals surface area contributed by atoms with Gasteiger partial charge in [0.15, 0.2) is 6.61 Å². The van der Waals surface area contributed by atoms with Crippen LogP contribution in [0.1, 0.15) is 38.5 Å². The van der Waals surface area contributed by atoms with Crippen molar-refractivity contribution >= 4 is 11.6 Å². The van der Waals surface area contributed by atoms with Gasteiger partial charge in [-0.25, -0.2) is 0 Å². The summed E-state index contributed by atoms with van der Waals surface area (Å²) in [4.78, 5) is 11.9. The summed E-state index contributed by atoms with van der Waals surface area (Å²) in [6.45, 7) is -0.0792. The predicted molar refractivity (Wildman–Crippen MR) is 77.6 cm³/mol. The summed E-state index contributed by atoms with van der Waals surface area (Å²) in [5.74, 6) is 0.160. The minimum absolute atomic E-state index is 0.0355. The third-order valence-electron chi connectivity index (χ3n) is 3.62. The number of aromatic hydroxyl groups is 1. The standard InChI is InChI=1S/C15H22N2O3/c16-15-12(18)8-5-9-13(15)20-10-14(19)17-11-6-3-1-2-4-7-11/h5,8-9,11,18H,1-4,6-7,10,16H2,(H,17,19). The number of phenolic OH excluding ortho intramolecular Hbond substituents is 1. The summed E-state index contributed by atoms with van der Waals surface area (Å²) in [5.41, 5.74) is 5.83. The van der Waals surface area contributed by atoms with Gasteiger partial charge >= 0.3 is 0 Å². The zero-order valence-corrected chi connectivity index (χ0v) is 11.6. The fourth-order valence-corrected chi connectivity index (χ4v) is 2.49. The Kier molecular flexibility index (Phi) is 5.09. The fourth-order valence-electron chi connectivity index (χ4n) is 2.49. The number of nitrogen functional groups attached to an aromatic ring is 1. The smallest absolute Gasteiger partial charge is 0.258 e. The van der Waals surface area contributed by atoms with Crippen molar-refractivity contribution in [2.75, 3.05) is 12.3 Å². The van der Waals surface area contributed by atoms with Gasteiger partial charge in [-0.1, -0.05) is 31.7 Å². The van der Waals surface area contributed by atoms with Crippen LogP contribution in [0.15, 0.2) is 18.2 Å². The summed E-state index contributed by atoms with van der Waals surface area (Å²) in [6.07, 6.45) is 6.93. The molecule has 5 nitrogen and oxygen atoms in total. The third kappa shape index (κ3) is 4.05. The molecule has 1 aromatic carbocycles. The molecule has 0 aliphatic heterocycles. The number of nitrogens with one attached hydrogen (secondary N) is 1. The summed E-state index contributed by atoms with van der Waals surface area (Å²) in [5, 5.41) is 12.4. The van der Waals surface area contributed by atoms with E-state index in [1.165, 1.54) is 31.7 Å². The number of phenols is 1. The van der Waals surface area contributed by atoms with Crippen molar-refractivity contribution in [2.45, 2.75) is 44.6 Å². The van der Waals surface area contributed by atoms with E-state index in [4.69, 9.17) is 10.5 Å². The predicted octanol–water partition coefficient (Wildman–Crippen LogP) is 2.19. The number of rotatable bonds is 4. The maximum atomic E-state index is 11.9. The molecule has 0 atom stereocenters. The molecule has 0 unspecified atom stereocenters. The Morgan fingerprint density at radius 2 is 2.00 bits per heavy atom. The molecule has 1 aromatic rings. The average molecular weight is 278 g/mol. The number of carbonyl (C=O) groups is 1. The molecule has 20 heavy (non-hydrogen) atoms. The molecule has 0 saturated heterocycles. The number of hydrogen-bond donors (Lipinski definition) is 3. The molecule has 0 aromatic heterocycles. The third-order valence-corrected chi connectivity index (χ3v) is 3.62. The van der Waals surface area contributed by atoms with Crippen LogP contribution in [-0.4, -0.2) is 23.7 Å². The Labute approximate surface area is 119 Å². The van der Waals surface area contributed by atoms with Gasteiger partial charge in [0.05, 0.1) is 0 Å². The van der Waals surface area contributed by atoms with Crippen molar-refractivity contribution in [3.63, 3.8) is 0 Å². The van der Waals surface area contributed by atoms with Gasteiger partial charge in [-0.3, -0.25) is 4.79 Å². The van der Waals surface area contributed by atoms with Crippen LogP contribution in [0.5, 0.6) is 11.5 Å². The van der Waals surface area contributed by atoms with E-state index in [0.29, 0.717) is 5.75 Å². The van der Waals surface area contributed by atoms with E-state index in [9.17, 15) is 9.90 Å². The van der Waals surface area contributed by atoms with Crippen molar-refractivity contribution < 1.29 is 14.6 Å². The summed E-state index contributed by atoms with van der Waals surface area (Å²) < 4.78 is 5.36. The first-order valence-corrected chi connectivity index (χ1v) is 7.16. The van der Waals surface area contributed by atoms with E-state index >= 15 is 0 Å². The second-order valence-corrected chi connectivity index (χ2v) is 5.23. The molecule has 1 amide bonds. The molecule has 0 bridgehead atoms. The highest BCUT2D eigenvalue weighted by Crippen LogP contribution is 2.29. The minimum atomic E-state index is -0.139. The Bertz CT molecular complexity index is 454. The van der Waals surface area contributed by atoms with Gasteiger partial charge in [0.1, 0.15) is 17.2 Å². The SMILES string of the molecule is Nc1c(O)cccc1OCC(=O)NC1CCCCCC1. The Morgan fingerprint density at radius 1 is 1.30 bits per heavy atom. The molecule has 1 saturated carbocycles. The first-order valence-electron chi connectivity index (χ1n) is 7.16. The van der Waals surface area contributed by atoms with Crippen LogP contribution in [0, 0.1) is 0 Å². The van der Waals surface area contributed by atoms with Crippen molar-refractivity contribution in [3.05, 3.63) is 18.2 Å². The lowest BCUT2D eigenvalue weighted by Gasteiger charge is -2.16. The molecule has 5 heteroatoms. The molecular weight excluding hydrogens is 256 g/mol. The van der Waals surface area contributed by atoms with E-state index in [1.807, 2.05) is 0 Å². The average Bonchev–Trinajstić information content (AvgIpc) is 2.69. The summed E-state index contributed by atoms with van der Waals surface area (Å²) >= 11 is 0. The quantitative estimate of drug-likeness (QED) is 0.448. The number of hydrogen-bond acceptors (Lipinski definition) is 4. The molecular formula is C15H22N2O3. The van der Waals surface area contributed by atoms with Gasteiger partial charge in [-0.15, -0.1) is 0 Å². The van der Waals surface area contributed by atoms with Gasteiger partial charge in [-0.2, -0.15) is 0 Å². The van der Waals surface area contributed by atoms with Crippen LogP contribution in [-0.2, 0) is 4.79 Å². The monoisotopic (exact) mass is 278 g/mol. The molecule has 0 spiro atoms. The molecule has 0 heterocycles. The Hall–Kier alpha value is -1.91. The Balaban J connectivity index is 1.81. The van der Waals surface area contributed by atoms with Crippen LogP contribution < -0.4 is 15.8 Å². The van der Waals surface area contributed by atoms with Gasteiger partial charge in [0.25, 0.3) is 5.91 Å². The lowest BCUT2D eigenvalue weighted by atomic mass is 10.1. The van der Waals surface area contributed by atoms with E-state index in [1.54, 1.807) is 12.1 Å². The van der Waals surface area contributed by atoms with Crippen molar-refractivity contribution in [2.24, 2.45) is 0 Å². The molecule has 110 valence electrons. The Morgan fingerprint density at radius 3 is 2.70 bits per heavy atom. The maximum absolute atomic E-state index is 11.9. The second-order valence-electron chi connectivity index (χ2n) is 5.23. The molecule has 2 rings (SSSR count). The summed E-state index contributed by atoms with van der Waals surface area (Å²) in [7, 11) is 0. The zero-order chi connectivity index (χ0) is 14.4. The van der Waals surface area contributed by atoms with E-state index in [-0.39, 0.29) is 30.0 Å². The highest BCUT2D eigenvalue weighted by Gasteiger charge is 2.15. The van der Waals surface area contributed by atoms with Gasteiger partial charge in [0, 0.05) is 6.04 Å². The normalized spacial score (nSPS) is 16.4.